The van der Waals surface area contributed by atoms with Gasteiger partial charge in [0.1, 0.15) is 0 Å². The molecule has 0 saturated carbocycles. The van der Waals surface area contributed by atoms with Crippen LogP contribution < -0.4 is 5.73 Å². The van der Waals surface area contributed by atoms with E-state index in [1.807, 2.05) is 0 Å². The van der Waals surface area contributed by atoms with Gasteiger partial charge in [0.15, 0.2) is 0 Å². The topological polar surface area (TPSA) is 56.7 Å². The molecule has 0 aliphatic heterocycles. The molecule has 4 nitrogen and oxygen atoms in total. The number of halogens is 8. The Kier molecular flexibility index (Phi) is 5.15. The molecule has 0 fully saturated rings. The Morgan fingerprint density at radius 2 is 1.62 bits per heavy atom. The maximum atomic E-state index is 13.7. The summed E-state index contributed by atoms with van der Waals surface area (Å²) in [4.78, 5) is 2.60. The number of aromatic nitrogens is 3. The minimum absolute atomic E-state index is 0.0583. The van der Waals surface area contributed by atoms with Crippen LogP contribution in [0.15, 0.2) is 18.2 Å². The van der Waals surface area contributed by atoms with E-state index in [0.29, 0.717) is 11.3 Å². The number of benzene rings is 1. The molecule has 0 radical (unpaired) electrons. The Balaban J connectivity index is 2.55. The third kappa shape index (κ3) is 3.58. The Morgan fingerprint density at radius 1 is 1.04 bits per heavy atom. The summed E-state index contributed by atoms with van der Waals surface area (Å²) < 4.78 is 104. The average Bonchev–Trinajstić information content (AvgIpc) is 2.96. The van der Waals surface area contributed by atoms with Crippen LogP contribution in [0.25, 0.3) is 0 Å². The standard InChI is InChI=1S/C14H12F8N4/c1-6-4-7(2-3-8(6)23)5-26-12(14(21,22)10(17)18)24-11(25-26)13(19,20)9(15)16/h2-4,9-10H,5,23H2,1H3. The van der Waals surface area contributed by atoms with Crippen molar-refractivity contribution in [3.63, 3.8) is 0 Å². The number of nitrogens with zero attached hydrogens (tertiary/aromatic N) is 3. The molecule has 1 aromatic heterocycles. The van der Waals surface area contributed by atoms with Crippen molar-refractivity contribution in [3.8, 4) is 0 Å². The third-order valence-electron chi connectivity index (χ3n) is 3.48. The Labute approximate surface area is 141 Å². The second-order valence-corrected chi connectivity index (χ2v) is 5.45. The summed E-state index contributed by atoms with van der Waals surface area (Å²) in [6, 6.07) is 4.08. The van der Waals surface area contributed by atoms with Crippen LogP contribution >= 0.6 is 0 Å². The summed E-state index contributed by atoms with van der Waals surface area (Å²) in [6.45, 7) is 0.885. The molecule has 144 valence electrons. The third-order valence-corrected chi connectivity index (χ3v) is 3.48. The van der Waals surface area contributed by atoms with E-state index in [1.165, 1.54) is 18.2 Å². The zero-order valence-electron chi connectivity index (χ0n) is 13.0. The molecule has 2 N–H and O–H groups in total. The van der Waals surface area contributed by atoms with Crippen molar-refractivity contribution in [3.05, 3.63) is 41.0 Å². The highest BCUT2D eigenvalue weighted by atomic mass is 19.3. The first-order valence-corrected chi connectivity index (χ1v) is 7.00. The average molecular weight is 388 g/mol. The zero-order chi connectivity index (χ0) is 19.9. The fourth-order valence-corrected chi connectivity index (χ4v) is 2.04. The maximum absolute atomic E-state index is 13.7. The number of hydrogen-bond acceptors (Lipinski definition) is 3. The normalized spacial score (nSPS) is 13.0. The molecule has 0 spiro atoms. The molecule has 12 heteroatoms. The highest BCUT2D eigenvalue weighted by molar-refractivity contribution is 5.47. The Hall–Kier alpha value is -2.40. The van der Waals surface area contributed by atoms with Crippen molar-refractivity contribution in [2.24, 2.45) is 0 Å². The lowest BCUT2D eigenvalue weighted by Gasteiger charge is -2.15. The first-order chi connectivity index (χ1) is 11.9. The lowest BCUT2D eigenvalue weighted by molar-refractivity contribution is -0.146. The lowest BCUT2D eigenvalue weighted by atomic mass is 10.1. The number of alkyl halides is 8. The van der Waals surface area contributed by atoms with E-state index in [0.717, 1.165) is 0 Å². The summed E-state index contributed by atoms with van der Waals surface area (Å²) in [7, 11) is 0. The van der Waals surface area contributed by atoms with E-state index >= 15 is 0 Å². The molecule has 0 bridgehead atoms. The molecule has 0 aliphatic carbocycles. The zero-order valence-corrected chi connectivity index (χ0v) is 13.0. The largest absolute Gasteiger partial charge is 0.399 e. The summed E-state index contributed by atoms with van der Waals surface area (Å²) in [6.07, 6.45) is -8.60. The number of hydrogen-bond donors (Lipinski definition) is 1. The van der Waals surface area contributed by atoms with Gasteiger partial charge in [-0.1, -0.05) is 12.1 Å². The van der Waals surface area contributed by atoms with Crippen molar-refractivity contribution in [1.82, 2.24) is 14.8 Å². The van der Waals surface area contributed by atoms with Gasteiger partial charge in [0.2, 0.25) is 11.6 Å². The first kappa shape index (κ1) is 19.9. The van der Waals surface area contributed by atoms with Gasteiger partial charge in [-0.3, -0.25) is 0 Å². The Bertz CT molecular complexity index is 787. The van der Waals surface area contributed by atoms with Crippen molar-refractivity contribution < 1.29 is 35.1 Å². The van der Waals surface area contributed by atoms with E-state index in [4.69, 9.17) is 5.73 Å². The molecule has 0 unspecified atom stereocenters. The van der Waals surface area contributed by atoms with Gasteiger partial charge < -0.3 is 5.73 Å². The molecule has 0 amide bonds. The summed E-state index contributed by atoms with van der Waals surface area (Å²) in [5.41, 5.74) is 6.62. The van der Waals surface area contributed by atoms with Crippen molar-refractivity contribution in [2.75, 3.05) is 5.73 Å². The number of anilines is 1. The fraction of sp³-hybridized carbons (Fsp3) is 0.429. The number of nitrogen functional groups attached to an aromatic ring is 1. The lowest BCUT2D eigenvalue weighted by Crippen LogP contribution is -2.29. The number of aryl methyl sites for hydroxylation is 1. The van der Waals surface area contributed by atoms with Gasteiger partial charge in [-0.15, -0.1) is 5.10 Å². The van der Waals surface area contributed by atoms with Crippen LogP contribution in [-0.4, -0.2) is 27.6 Å². The number of nitrogens with two attached hydrogens (primary N) is 1. The molecular formula is C14H12F8N4. The minimum Gasteiger partial charge on any atom is -0.399 e. The highest BCUT2D eigenvalue weighted by Crippen LogP contribution is 2.37. The second kappa shape index (κ2) is 6.72. The van der Waals surface area contributed by atoms with Crippen LogP contribution in [-0.2, 0) is 18.4 Å². The summed E-state index contributed by atoms with van der Waals surface area (Å²) >= 11 is 0. The predicted molar refractivity (Wildman–Crippen MR) is 74.5 cm³/mol. The van der Waals surface area contributed by atoms with E-state index in [9.17, 15) is 35.1 Å². The van der Waals surface area contributed by atoms with Gasteiger partial charge in [0.25, 0.3) is 0 Å². The highest BCUT2D eigenvalue weighted by Gasteiger charge is 2.52. The molecule has 0 saturated heterocycles. The summed E-state index contributed by atoms with van der Waals surface area (Å²) in [5.74, 6) is -13.7. The number of rotatable bonds is 6. The molecule has 1 aromatic carbocycles. The van der Waals surface area contributed by atoms with Crippen LogP contribution in [0.5, 0.6) is 0 Å². The smallest absolute Gasteiger partial charge is 0.367 e. The molecule has 2 aromatic rings. The van der Waals surface area contributed by atoms with E-state index in [-0.39, 0.29) is 10.2 Å². The van der Waals surface area contributed by atoms with Crippen LogP contribution in [0.1, 0.15) is 22.8 Å². The van der Waals surface area contributed by atoms with Gasteiger partial charge in [-0.05, 0) is 24.1 Å². The van der Waals surface area contributed by atoms with Crippen LogP contribution in [0.3, 0.4) is 0 Å². The van der Waals surface area contributed by atoms with Gasteiger partial charge in [0.05, 0.1) is 6.54 Å². The molecule has 0 aliphatic rings. The quantitative estimate of drug-likeness (QED) is 0.603. The van der Waals surface area contributed by atoms with Gasteiger partial charge in [0, 0.05) is 5.69 Å². The van der Waals surface area contributed by atoms with Gasteiger partial charge in [-0.2, -0.15) is 17.6 Å². The molecule has 1 heterocycles. The fourth-order valence-electron chi connectivity index (χ4n) is 2.04. The molecule has 0 atom stereocenters. The maximum Gasteiger partial charge on any atom is 0.367 e. The van der Waals surface area contributed by atoms with Crippen molar-refractivity contribution in [2.45, 2.75) is 38.2 Å². The van der Waals surface area contributed by atoms with Crippen LogP contribution in [0.2, 0.25) is 0 Å². The van der Waals surface area contributed by atoms with Crippen molar-refractivity contribution >= 4 is 5.69 Å². The predicted octanol–water partition coefficient (Wildman–Crippen LogP) is 3.93. The van der Waals surface area contributed by atoms with Crippen LogP contribution in [0.4, 0.5) is 40.8 Å². The SMILES string of the molecule is Cc1cc(Cn2nc(C(F)(F)C(F)F)nc2C(F)(F)C(F)F)ccc1N. The van der Waals surface area contributed by atoms with E-state index in [2.05, 4.69) is 10.1 Å². The van der Waals surface area contributed by atoms with E-state index in [1.54, 1.807) is 6.92 Å². The molecule has 2 rings (SSSR count). The second-order valence-electron chi connectivity index (χ2n) is 5.45. The van der Waals surface area contributed by atoms with Crippen molar-refractivity contribution in [1.29, 1.82) is 0 Å². The van der Waals surface area contributed by atoms with Gasteiger partial charge in [-0.25, -0.2) is 27.2 Å². The first-order valence-electron chi connectivity index (χ1n) is 7.00. The monoisotopic (exact) mass is 388 g/mol. The Morgan fingerprint density at radius 3 is 2.12 bits per heavy atom. The van der Waals surface area contributed by atoms with E-state index < -0.39 is 42.9 Å². The van der Waals surface area contributed by atoms with Gasteiger partial charge >= 0.3 is 24.7 Å². The minimum atomic E-state index is -4.98. The molecular weight excluding hydrogens is 376 g/mol. The summed E-state index contributed by atoms with van der Waals surface area (Å²) in [5, 5.41) is 2.93. The van der Waals surface area contributed by atoms with Crippen LogP contribution in [0, 0.1) is 6.92 Å². The molecule has 26 heavy (non-hydrogen) atoms.